The molecule has 0 unspecified atom stereocenters. The van der Waals surface area contributed by atoms with Gasteiger partial charge in [0, 0.05) is 0 Å². The summed E-state index contributed by atoms with van der Waals surface area (Å²) < 4.78 is 0. The van der Waals surface area contributed by atoms with Gasteiger partial charge in [-0.15, -0.1) is 6.42 Å². The summed E-state index contributed by atoms with van der Waals surface area (Å²) in [7, 11) is 0. The van der Waals surface area contributed by atoms with Crippen molar-refractivity contribution in [3.05, 3.63) is 35.9 Å². The molecule has 0 aromatic heterocycles. The lowest BCUT2D eigenvalue weighted by Gasteiger charge is -1.98. The molecule has 0 saturated heterocycles. The van der Waals surface area contributed by atoms with Gasteiger partial charge >= 0.3 is 0 Å². The van der Waals surface area contributed by atoms with Crippen LogP contribution in [0.4, 0.5) is 0 Å². The highest BCUT2D eigenvalue weighted by Gasteiger charge is 1.94. The van der Waals surface area contributed by atoms with Crippen molar-refractivity contribution >= 4 is 5.71 Å². The van der Waals surface area contributed by atoms with Gasteiger partial charge in [0.2, 0.25) is 0 Å². The topological polar surface area (TPSA) is 21.6 Å². The Morgan fingerprint density at radius 2 is 2.15 bits per heavy atom. The first-order chi connectivity index (χ1) is 6.34. The fourth-order valence-electron chi connectivity index (χ4n) is 0.898. The molecule has 0 heterocycles. The third-order valence-corrected chi connectivity index (χ3v) is 1.54. The summed E-state index contributed by atoms with van der Waals surface area (Å²) in [5.74, 6) is 2.35. The Bertz CT molecular complexity index is 322. The summed E-state index contributed by atoms with van der Waals surface area (Å²) in [5, 5.41) is 3.86. The summed E-state index contributed by atoms with van der Waals surface area (Å²) in [6, 6.07) is 9.81. The molecular weight excluding hydrogens is 162 g/mol. The minimum Gasteiger partial charge on any atom is -0.382 e. The lowest BCUT2D eigenvalue weighted by Crippen LogP contribution is -1.95. The molecule has 0 aliphatic heterocycles. The van der Waals surface area contributed by atoms with Crippen LogP contribution < -0.4 is 0 Å². The normalized spacial score (nSPS) is 10.6. The van der Waals surface area contributed by atoms with Crippen LogP contribution in [0, 0.1) is 12.3 Å². The Balaban J connectivity index is 2.63. The van der Waals surface area contributed by atoms with Crippen LogP contribution in [0.25, 0.3) is 0 Å². The first kappa shape index (κ1) is 9.34. The minimum atomic E-state index is 0.212. The third-order valence-electron chi connectivity index (χ3n) is 1.54. The molecule has 0 atom stereocenters. The van der Waals surface area contributed by atoms with E-state index in [-0.39, 0.29) is 6.61 Å². The van der Waals surface area contributed by atoms with Gasteiger partial charge in [-0.05, 0) is 12.5 Å². The van der Waals surface area contributed by atoms with Crippen LogP contribution in [-0.2, 0) is 4.84 Å². The van der Waals surface area contributed by atoms with Crippen LogP contribution >= 0.6 is 0 Å². The predicted molar refractivity (Wildman–Crippen MR) is 53.4 cm³/mol. The van der Waals surface area contributed by atoms with E-state index in [0.29, 0.717) is 0 Å². The molecule has 1 aromatic rings. The zero-order valence-corrected chi connectivity index (χ0v) is 7.53. The van der Waals surface area contributed by atoms with E-state index in [1.807, 2.05) is 37.3 Å². The van der Waals surface area contributed by atoms with Gasteiger partial charge in [0.05, 0.1) is 5.71 Å². The summed E-state index contributed by atoms with van der Waals surface area (Å²) in [6.45, 7) is 2.09. The van der Waals surface area contributed by atoms with Crippen LogP contribution in [0.1, 0.15) is 12.5 Å². The SMILES string of the molecule is C#CCO/N=C(\C)c1ccccc1. The zero-order valence-electron chi connectivity index (χ0n) is 7.53. The van der Waals surface area contributed by atoms with Crippen LogP contribution in [-0.4, -0.2) is 12.3 Å². The van der Waals surface area contributed by atoms with Crippen molar-refractivity contribution in [1.29, 1.82) is 0 Å². The van der Waals surface area contributed by atoms with E-state index in [1.54, 1.807) is 0 Å². The Kier molecular flexibility index (Phi) is 3.59. The number of hydrogen-bond donors (Lipinski definition) is 0. The van der Waals surface area contributed by atoms with Crippen molar-refractivity contribution in [2.24, 2.45) is 5.16 Å². The van der Waals surface area contributed by atoms with E-state index in [4.69, 9.17) is 11.3 Å². The van der Waals surface area contributed by atoms with Gasteiger partial charge < -0.3 is 4.84 Å². The average Bonchev–Trinajstić information content (AvgIpc) is 2.19. The van der Waals surface area contributed by atoms with E-state index in [2.05, 4.69) is 11.1 Å². The monoisotopic (exact) mass is 173 g/mol. The number of hydrogen-bond acceptors (Lipinski definition) is 2. The molecule has 0 N–H and O–H groups in total. The van der Waals surface area contributed by atoms with Gasteiger partial charge in [0.25, 0.3) is 0 Å². The summed E-state index contributed by atoms with van der Waals surface area (Å²) in [6.07, 6.45) is 5.01. The molecule has 0 radical (unpaired) electrons. The molecule has 1 aromatic carbocycles. The molecule has 0 aliphatic carbocycles. The van der Waals surface area contributed by atoms with E-state index in [0.717, 1.165) is 11.3 Å². The summed E-state index contributed by atoms with van der Waals surface area (Å²) in [4.78, 5) is 4.85. The Labute approximate surface area is 78.2 Å². The largest absolute Gasteiger partial charge is 0.382 e. The predicted octanol–water partition coefficient (Wildman–Crippen LogP) is 2.06. The molecule has 0 saturated carbocycles. The number of oxime groups is 1. The van der Waals surface area contributed by atoms with Crippen molar-refractivity contribution in [2.45, 2.75) is 6.92 Å². The quantitative estimate of drug-likeness (QED) is 0.297. The second kappa shape index (κ2) is 5.00. The van der Waals surface area contributed by atoms with E-state index in [9.17, 15) is 0 Å². The fraction of sp³-hybridized carbons (Fsp3) is 0.182. The van der Waals surface area contributed by atoms with Gasteiger partial charge in [0.15, 0.2) is 6.61 Å². The van der Waals surface area contributed by atoms with Gasteiger partial charge in [-0.1, -0.05) is 41.4 Å². The molecule has 66 valence electrons. The lowest BCUT2D eigenvalue weighted by atomic mass is 10.1. The van der Waals surface area contributed by atoms with Gasteiger partial charge in [0.1, 0.15) is 0 Å². The van der Waals surface area contributed by atoms with E-state index < -0.39 is 0 Å². The van der Waals surface area contributed by atoms with E-state index >= 15 is 0 Å². The summed E-state index contributed by atoms with van der Waals surface area (Å²) >= 11 is 0. The number of terminal acetylenes is 1. The maximum absolute atomic E-state index is 5.01. The van der Waals surface area contributed by atoms with Gasteiger partial charge in [-0.25, -0.2) is 0 Å². The molecule has 0 bridgehead atoms. The van der Waals surface area contributed by atoms with Crippen molar-refractivity contribution in [1.82, 2.24) is 0 Å². The van der Waals surface area contributed by atoms with E-state index in [1.165, 1.54) is 0 Å². The van der Waals surface area contributed by atoms with Crippen LogP contribution in [0.3, 0.4) is 0 Å². The molecule has 0 amide bonds. The maximum atomic E-state index is 5.01. The van der Waals surface area contributed by atoms with Gasteiger partial charge in [-0.2, -0.15) is 0 Å². The highest BCUT2D eigenvalue weighted by Crippen LogP contribution is 2.00. The highest BCUT2D eigenvalue weighted by molar-refractivity contribution is 5.98. The molecule has 2 heteroatoms. The third kappa shape index (κ3) is 3.00. The van der Waals surface area contributed by atoms with Gasteiger partial charge in [-0.3, -0.25) is 0 Å². The standard InChI is InChI=1S/C11H11NO/c1-3-9-13-12-10(2)11-7-5-4-6-8-11/h1,4-8H,9H2,2H3/b12-10+. The second-order valence-electron chi connectivity index (χ2n) is 2.52. The Morgan fingerprint density at radius 1 is 1.46 bits per heavy atom. The van der Waals surface area contributed by atoms with Crippen molar-refractivity contribution in [3.8, 4) is 12.3 Å². The Hall–Kier alpha value is -1.75. The maximum Gasteiger partial charge on any atom is 0.177 e. The zero-order chi connectivity index (χ0) is 9.52. The van der Waals surface area contributed by atoms with Crippen LogP contribution in [0.5, 0.6) is 0 Å². The van der Waals surface area contributed by atoms with Crippen LogP contribution in [0.2, 0.25) is 0 Å². The Morgan fingerprint density at radius 3 is 2.77 bits per heavy atom. The molecule has 13 heavy (non-hydrogen) atoms. The van der Waals surface area contributed by atoms with Crippen LogP contribution in [0.15, 0.2) is 35.5 Å². The molecular formula is C11H11NO. The molecule has 0 spiro atoms. The molecule has 2 nitrogen and oxygen atoms in total. The highest BCUT2D eigenvalue weighted by atomic mass is 16.6. The number of nitrogens with zero attached hydrogens (tertiary/aromatic N) is 1. The minimum absolute atomic E-state index is 0.212. The molecule has 1 rings (SSSR count). The second-order valence-corrected chi connectivity index (χ2v) is 2.52. The smallest absolute Gasteiger partial charge is 0.177 e. The fourth-order valence-corrected chi connectivity index (χ4v) is 0.898. The first-order valence-corrected chi connectivity index (χ1v) is 4.00. The number of benzene rings is 1. The average molecular weight is 173 g/mol. The molecule has 0 aliphatic rings. The first-order valence-electron chi connectivity index (χ1n) is 4.00. The van der Waals surface area contributed by atoms with Crippen molar-refractivity contribution in [3.63, 3.8) is 0 Å². The van der Waals surface area contributed by atoms with Crippen molar-refractivity contribution in [2.75, 3.05) is 6.61 Å². The lowest BCUT2D eigenvalue weighted by molar-refractivity contribution is 0.180. The van der Waals surface area contributed by atoms with Crippen molar-refractivity contribution < 1.29 is 4.84 Å². The summed E-state index contributed by atoms with van der Waals surface area (Å²) in [5.41, 5.74) is 1.87. The molecule has 0 fully saturated rings. The number of rotatable bonds is 3.